The van der Waals surface area contributed by atoms with Gasteiger partial charge in [0.2, 0.25) is 0 Å². The van der Waals surface area contributed by atoms with Crippen molar-refractivity contribution in [3.63, 3.8) is 0 Å². The summed E-state index contributed by atoms with van der Waals surface area (Å²) in [5.41, 5.74) is 1.66. The summed E-state index contributed by atoms with van der Waals surface area (Å²) in [7, 11) is 0. The monoisotopic (exact) mass is 343 g/mol. The van der Waals surface area contributed by atoms with E-state index in [4.69, 9.17) is 0 Å². The molecular formula is C14H10BrN5O. The van der Waals surface area contributed by atoms with Crippen molar-refractivity contribution in [2.24, 2.45) is 0 Å². The first kappa shape index (κ1) is 13.4. The zero-order valence-electron chi connectivity index (χ0n) is 10.8. The molecule has 0 unspecified atom stereocenters. The molecule has 0 radical (unpaired) electrons. The molecule has 0 atom stereocenters. The van der Waals surface area contributed by atoms with Crippen LogP contribution in [0.5, 0.6) is 0 Å². The highest BCUT2D eigenvalue weighted by Gasteiger charge is 2.12. The van der Waals surface area contributed by atoms with Crippen LogP contribution in [0.25, 0.3) is 5.69 Å². The first-order valence-electron chi connectivity index (χ1n) is 6.12. The van der Waals surface area contributed by atoms with Crippen LogP contribution in [-0.2, 0) is 0 Å². The predicted molar refractivity (Wildman–Crippen MR) is 81.2 cm³/mol. The minimum atomic E-state index is -0.330. The molecule has 1 amide bonds. The number of pyridine rings is 1. The van der Waals surface area contributed by atoms with E-state index in [-0.39, 0.29) is 11.6 Å². The average molecular weight is 344 g/mol. The number of halogens is 1. The van der Waals surface area contributed by atoms with E-state index in [1.165, 1.54) is 11.0 Å². The number of amides is 1. The molecule has 2 aromatic heterocycles. The van der Waals surface area contributed by atoms with Gasteiger partial charge in [0.1, 0.15) is 0 Å². The van der Waals surface area contributed by atoms with Crippen LogP contribution in [0.3, 0.4) is 0 Å². The number of hydrogen-bond donors (Lipinski definition) is 1. The van der Waals surface area contributed by atoms with Gasteiger partial charge in [0, 0.05) is 12.4 Å². The Hall–Kier alpha value is -2.54. The number of carbonyl (C=O) groups is 1. The summed E-state index contributed by atoms with van der Waals surface area (Å²) in [5.74, 6) is -0.330. The Kier molecular flexibility index (Phi) is 3.74. The maximum Gasteiger partial charge on any atom is 0.277 e. The highest BCUT2D eigenvalue weighted by atomic mass is 79.9. The maximum absolute atomic E-state index is 12.1. The van der Waals surface area contributed by atoms with Crippen LogP contribution >= 0.6 is 15.9 Å². The summed E-state index contributed by atoms with van der Waals surface area (Å²) in [6, 6.07) is 11.1. The first-order chi connectivity index (χ1) is 10.2. The molecule has 104 valence electrons. The summed E-state index contributed by atoms with van der Waals surface area (Å²) < 4.78 is 0.703. The molecule has 3 aromatic rings. The summed E-state index contributed by atoms with van der Waals surface area (Å²) in [6.07, 6.45) is 4.63. The van der Waals surface area contributed by atoms with Crippen LogP contribution in [0, 0.1) is 0 Å². The van der Waals surface area contributed by atoms with E-state index in [2.05, 4.69) is 36.4 Å². The Morgan fingerprint density at radius 1 is 1.14 bits per heavy atom. The zero-order chi connectivity index (χ0) is 14.7. The topological polar surface area (TPSA) is 72.7 Å². The molecule has 0 bridgehead atoms. The normalized spacial score (nSPS) is 10.3. The van der Waals surface area contributed by atoms with Gasteiger partial charge in [-0.3, -0.25) is 9.78 Å². The van der Waals surface area contributed by atoms with Gasteiger partial charge in [0.15, 0.2) is 5.69 Å². The van der Waals surface area contributed by atoms with Crippen molar-refractivity contribution in [2.45, 2.75) is 0 Å². The lowest BCUT2D eigenvalue weighted by molar-refractivity contribution is 0.102. The van der Waals surface area contributed by atoms with Crippen LogP contribution in [0.2, 0.25) is 0 Å². The number of nitrogens with zero attached hydrogens (tertiary/aromatic N) is 4. The summed E-state index contributed by atoms with van der Waals surface area (Å²) in [6.45, 7) is 0. The highest BCUT2D eigenvalue weighted by molar-refractivity contribution is 9.10. The maximum atomic E-state index is 12.1. The fraction of sp³-hybridized carbons (Fsp3) is 0. The molecule has 0 aliphatic heterocycles. The van der Waals surface area contributed by atoms with Gasteiger partial charge in [-0.05, 0) is 34.1 Å². The number of aromatic nitrogens is 4. The molecule has 3 rings (SSSR count). The van der Waals surface area contributed by atoms with Crippen LogP contribution in [-0.4, -0.2) is 25.9 Å². The molecule has 7 heteroatoms. The third-order valence-electron chi connectivity index (χ3n) is 2.73. The molecule has 0 saturated carbocycles. The van der Waals surface area contributed by atoms with Crippen molar-refractivity contribution >= 4 is 27.5 Å². The first-order valence-corrected chi connectivity index (χ1v) is 6.92. The van der Waals surface area contributed by atoms with Gasteiger partial charge in [-0.25, -0.2) is 0 Å². The van der Waals surface area contributed by atoms with Crippen LogP contribution in [0.4, 0.5) is 5.69 Å². The van der Waals surface area contributed by atoms with Crippen molar-refractivity contribution in [1.82, 2.24) is 20.0 Å². The Morgan fingerprint density at radius 2 is 1.95 bits per heavy atom. The third kappa shape index (κ3) is 2.97. The van der Waals surface area contributed by atoms with Crippen LogP contribution in [0.15, 0.2) is 59.5 Å². The van der Waals surface area contributed by atoms with Gasteiger partial charge >= 0.3 is 0 Å². The third-order valence-corrected chi connectivity index (χ3v) is 3.36. The molecule has 21 heavy (non-hydrogen) atoms. The minimum Gasteiger partial charge on any atom is -0.319 e. The van der Waals surface area contributed by atoms with E-state index in [9.17, 15) is 4.79 Å². The van der Waals surface area contributed by atoms with Gasteiger partial charge in [0.25, 0.3) is 5.91 Å². The standard InChI is InChI=1S/C14H10BrN5O/c15-11-8-16-7-6-12(11)18-14(21)13-9-17-20(19-13)10-4-2-1-3-5-10/h1-9H,(H,16,18,21). The van der Waals surface area contributed by atoms with Crippen molar-refractivity contribution in [3.8, 4) is 5.69 Å². The van der Waals surface area contributed by atoms with Gasteiger partial charge in [-0.2, -0.15) is 9.90 Å². The number of benzene rings is 1. The lowest BCUT2D eigenvalue weighted by atomic mass is 10.3. The number of rotatable bonds is 3. The largest absolute Gasteiger partial charge is 0.319 e. The smallest absolute Gasteiger partial charge is 0.277 e. The summed E-state index contributed by atoms with van der Waals surface area (Å²) in [4.78, 5) is 17.5. The van der Waals surface area contributed by atoms with E-state index >= 15 is 0 Å². The zero-order valence-corrected chi connectivity index (χ0v) is 12.4. The molecule has 2 heterocycles. The lowest BCUT2D eigenvalue weighted by Crippen LogP contribution is -2.13. The highest BCUT2D eigenvalue weighted by Crippen LogP contribution is 2.20. The molecular weight excluding hydrogens is 334 g/mol. The van der Waals surface area contributed by atoms with E-state index in [1.54, 1.807) is 18.5 Å². The molecule has 0 fully saturated rings. The van der Waals surface area contributed by atoms with Gasteiger partial charge in [-0.1, -0.05) is 18.2 Å². The average Bonchev–Trinajstić information content (AvgIpc) is 3.00. The molecule has 0 saturated heterocycles. The summed E-state index contributed by atoms with van der Waals surface area (Å²) in [5, 5.41) is 11.0. The second-order valence-corrected chi connectivity index (χ2v) is 5.02. The summed E-state index contributed by atoms with van der Waals surface area (Å²) >= 11 is 3.32. The van der Waals surface area contributed by atoms with E-state index in [1.807, 2.05) is 30.3 Å². The van der Waals surface area contributed by atoms with Crippen molar-refractivity contribution in [1.29, 1.82) is 0 Å². The molecule has 0 aliphatic rings. The second kappa shape index (κ2) is 5.84. The van der Waals surface area contributed by atoms with Crippen molar-refractivity contribution in [2.75, 3.05) is 5.32 Å². The number of hydrogen-bond acceptors (Lipinski definition) is 4. The van der Waals surface area contributed by atoms with E-state index < -0.39 is 0 Å². The van der Waals surface area contributed by atoms with Crippen molar-refractivity contribution in [3.05, 3.63) is 65.2 Å². The SMILES string of the molecule is O=C(Nc1ccncc1Br)c1cnn(-c2ccccc2)n1. The Morgan fingerprint density at radius 3 is 2.71 bits per heavy atom. The fourth-order valence-corrected chi connectivity index (χ4v) is 2.07. The molecule has 0 spiro atoms. The van der Waals surface area contributed by atoms with E-state index in [0.717, 1.165) is 5.69 Å². The van der Waals surface area contributed by atoms with E-state index in [0.29, 0.717) is 10.2 Å². The molecule has 1 aromatic carbocycles. The second-order valence-electron chi connectivity index (χ2n) is 4.16. The molecule has 0 aliphatic carbocycles. The fourth-order valence-electron chi connectivity index (χ4n) is 1.72. The number of nitrogens with one attached hydrogen (secondary N) is 1. The molecule has 6 nitrogen and oxygen atoms in total. The van der Waals surface area contributed by atoms with Crippen molar-refractivity contribution < 1.29 is 4.79 Å². The number of anilines is 1. The Balaban J connectivity index is 1.80. The Labute approximate surface area is 129 Å². The number of carbonyl (C=O) groups excluding carboxylic acids is 1. The van der Waals surface area contributed by atoms with Crippen LogP contribution < -0.4 is 5.32 Å². The quantitative estimate of drug-likeness (QED) is 0.793. The number of para-hydroxylation sites is 1. The molecule has 1 N–H and O–H groups in total. The van der Waals surface area contributed by atoms with Gasteiger partial charge in [-0.15, -0.1) is 5.10 Å². The van der Waals surface area contributed by atoms with Gasteiger partial charge < -0.3 is 5.32 Å². The minimum absolute atomic E-state index is 0.238. The Bertz CT molecular complexity index is 772. The predicted octanol–water partition coefficient (Wildman–Crippen LogP) is 2.68. The van der Waals surface area contributed by atoms with Crippen LogP contribution in [0.1, 0.15) is 10.5 Å². The lowest BCUT2D eigenvalue weighted by Gasteiger charge is -2.04. The van der Waals surface area contributed by atoms with Gasteiger partial charge in [0.05, 0.1) is 22.0 Å².